The predicted molar refractivity (Wildman–Crippen MR) is 54.6 cm³/mol. The largest absolute Gasteiger partial charge is 0.483 e. The molecule has 0 aliphatic rings. The van der Waals surface area contributed by atoms with Crippen molar-refractivity contribution >= 4 is 0 Å². The predicted octanol–water partition coefficient (Wildman–Crippen LogP) is 2.38. The van der Waals surface area contributed by atoms with Gasteiger partial charge in [0.05, 0.1) is 0 Å². The summed E-state index contributed by atoms with van der Waals surface area (Å²) in [6.45, 7) is 2.04. The first-order chi connectivity index (χ1) is 7.19. The van der Waals surface area contributed by atoms with E-state index in [9.17, 15) is 8.78 Å². The Morgan fingerprint density at radius 3 is 2.40 bits per heavy atom. The zero-order valence-electron chi connectivity index (χ0n) is 8.47. The molecule has 2 nitrogen and oxygen atoms in total. The highest BCUT2D eigenvalue weighted by Gasteiger charge is 2.11. The summed E-state index contributed by atoms with van der Waals surface area (Å²) in [6, 6.07) is 2.35. The summed E-state index contributed by atoms with van der Waals surface area (Å²) in [6.07, 6.45) is 3.40. The van der Waals surface area contributed by atoms with Crippen LogP contribution in [0.2, 0.25) is 0 Å². The van der Waals surface area contributed by atoms with Crippen molar-refractivity contribution in [3.63, 3.8) is 0 Å². The molecule has 1 aromatic rings. The normalized spacial score (nSPS) is 10.9. The van der Waals surface area contributed by atoms with E-state index >= 15 is 0 Å². The Kier molecular flexibility index (Phi) is 4.24. The van der Waals surface area contributed by atoms with Gasteiger partial charge < -0.3 is 10.5 Å². The molecule has 4 heteroatoms. The average molecular weight is 213 g/mol. The molecule has 1 aromatic carbocycles. The van der Waals surface area contributed by atoms with E-state index in [1.54, 1.807) is 19.1 Å². The van der Waals surface area contributed by atoms with Crippen LogP contribution >= 0.6 is 0 Å². The van der Waals surface area contributed by atoms with Crippen LogP contribution in [0, 0.1) is 11.6 Å². The maximum absolute atomic E-state index is 13.3. The quantitative estimate of drug-likeness (QED) is 0.779. The van der Waals surface area contributed by atoms with Crippen molar-refractivity contribution in [2.24, 2.45) is 5.73 Å². The number of benzene rings is 1. The highest BCUT2D eigenvalue weighted by atomic mass is 19.1. The third kappa shape index (κ3) is 3.02. The number of nitrogens with two attached hydrogens (primary N) is 1. The van der Waals surface area contributed by atoms with E-state index in [0.717, 1.165) is 0 Å². The Labute approximate surface area is 87.4 Å². The molecule has 0 saturated carbocycles. The fraction of sp³-hybridized carbons (Fsp3) is 0.273. The first-order valence-electron chi connectivity index (χ1n) is 4.61. The number of halogens is 2. The van der Waals surface area contributed by atoms with Gasteiger partial charge in [-0.2, -0.15) is 0 Å². The van der Waals surface area contributed by atoms with Gasteiger partial charge in [0, 0.05) is 6.54 Å². The van der Waals surface area contributed by atoms with Crippen molar-refractivity contribution in [1.82, 2.24) is 0 Å². The molecular weight excluding hydrogens is 200 g/mol. The van der Waals surface area contributed by atoms with Gasteiger partial charge in [0.1, 0.15) is 6.61 Å². The molecule has 0 aromatic heterocycles. The SMILES string of the molecule is CC=CCOc1c(F)cc(CN)cc1F. The smallest absolute Gasteiger partial charge is 0.191 e. The Morgan fingerprint density at radius 2 is 1.93 bits per heavy atom. The molecule has 0 unspecified atom stereocenters. The van der Waals surface area contributed by atoms with Gasteiger partial charge in [-0.3, -0.25) is 0 Å². The Hall–Kier alpha value is -1.42. The van der Waals surface area contributed by atoms with E-state index in [1.807, 2.05) is 0 Å². The summed E-state index contributed by atoms with van der Waals surface area (Å²) >= 11 is 0. The number of allylic oxidation sites excluding steroid dienone is 1. The fourth-order valence-electron chi connectivity index (χ4n) is 1.10. The van der Waals surface area contributed by atoms with Crippen LogP contribution in [-0.4, -0.2) is 6.61 Å². The van der Waals surface area contributed by atoms with E-state index in [-0.39, 0.29) is 18.9 Å². The molecular formula is C11H13F2NO. The van der Waals surface area contributed by atoms with Gasteiger partial charge in [-0.05, 0) is 24.6 Å². The Balaban J connectivity index is 2.88. The third-order valence-electron chi connectivity index (χ3n) is 1.85. The van der Waals surface area contributed by atoms with Gasteiger partial charge in [-0.1, -0.05) is 12.2 Å². The summed E-state index contributed by atoms with van der Waals surface area (Å²) in [5.41, 5.74) is 5.68. The summed E-state index contributed by atoms with van der Waals surface area (Å²) < 4.78 is 31.5. The molecule has 0 bridgehead atoms. The molecule has 0 spiro atoms. The van der Waals surface area contributed by atoms with Gasteiger partial charge in [-0.25, -0.2) is 8.78 Å². The van der Waals surface area contributed by atoms with Crippen molar-refractivity contribution in [2.75, 3.05) is 6.61 Å². The van der Waals surface area contributed by atoms with Gasteiger partial charge in [0.25, 0.3) is 0 Å². The Bertz CT molecular complexity index is 341. The number of hydrogen-bond donors (Lipinski definition) is 1. The van der Waals surface area contributed by atoms with Gasteiger partial charge in [0.2, 0.25) is 0 Å². The highest BCUT2D eigenvalue weighted by molar-refractivity contribution is 5.31. The monoisotopic (exact) mass is 213 g/mol. The van der Waals surface area contributed by atoms with Crippen molar-refractivity contribution < 1.29 is 13.5 Å². The molecule has 0 aliphatic heterocycles. The van der Waals surface area contributed by atoms with Crippen LogP contribution in [0.5, 0.6) is 5.75 Å². The first kappa shape index (κ1) is 11.7. The van der Waals surface area contributed by atoms with Crippen LogP contribution in [0.3, 0.4) is 0 Å². The number of hydrogen-bond acceptors (Lipinski definition) is 2. The van der Waals surface area contributed by atoms with E-state index in [2.05, 4.69) is 0 Å². The molecule has 0 amide bonds. The second-order valence-corrected chi connectivity index (χ2v) is 2.97. The standard InChI is InChI=1S/C11H13F2NO/c1-2-3-4-15-11-9(12)5-8(7-14)6-10(11)13/h2-3,5-6H,4,7,14H2,1H3. The highest BCUT2D eigenvalue weighted by Crippen LogP contribution is 2.23. The van der Waals surface area contributed by atoms with Crippen LogP contribution < -0.4 is 10.5 Å². The topological polar surface area (TPSA) is 35.2 Å². The average Bonchev–Trinajstić information content (AvgIpc) is 2.22. The van der Waals surface area contributed by atoms with E-state index in [4.69, 9.17) is 10.5 Å². The maximum Gasteiger partial charge on any atom is 0.191 e. The van der Waals surface area contributed by atoms with Crippen molar-refractivity contribution in [2.45, 2.75) is 13.5 Å². The van der Waals surface area contributed by atoms with E-state index < -0.39 is 11.6 Å². The lowest BCUT2D eigenvalue weighted by Gasteiger charge is -2.07. The molecule has 2 N–H and O–H groups in total. The summed E-state index contributed by atoms with van der Waals surface area (Å²) in [5, 5.41) is 0. The minimum atomic E-state index is -0.722. The number of rotatable bonds is 4. The molecule has 0 radical (unpaired) electrons. The summed E-state index contributed by atoms with van der Waals surface area (Å²) in [5.74, 6) is -1.80. The van der Waals surface area contributed by atoms with E-state index in [0.29, 0.717) is 5.56 Å². The van der Waals surface area contributed by atoms with Crippen LogP contribution in [0.1, 0.15) is 12.5 Å². The molecule has 1 rings (SSSR count). The summed E-state index contributed by atoms with van der Waals surface area (Å²) in [4.78, 5) is 0. The lowest BCUT2D eigenvalue weighted by atomic mass is 10.2. The number of ether oxygens (including phenoxy) is 1. The summed E-state index contributed by atoms with van der Waals surface area (Å²) in [7, 11) is 0. The lowest BCUT2D eigenvalue weighted by molar-refractivity contribution is 0.320. The first-order valence-corrected chi connectivity index (χ1v) is 4.61. The van der Waals surface area contributed by atoms with Crippen LogP contribution in [-0.2, 0) is 6.54 Å². The minimum absolute atomic E-state index is 0.100. The van der Waals surface area contributed by atoms with E-state index in [1.165, 1.54) is 12.1 Å². The molecule has 0 aliphatic carbocycles. The minimum Gasteiger partial charge on any atom is -0.483 e. The van der Waals surface area contributed by atoms with Crippen LogP contribution in [0.15, 0.2) is 24.3 Å². The van der Waals surface area contributed by atoms with Gasteiger partial charge in [0.15, 0.2) is 17.4 Å². The van der Waals surface area contributed by atoms with Gasteiger partial charge >= 0.3 is 0 Å². The third-order valence-corrected chi connectivity index (χ3v) is 1.85. The fourth-order valence-corrected chi connectivity index (χ4v) is 1.10. The Morgan fingerprint density at radius 1 is 1.33 bits per heavy atom. The second kappa shape index (κ2) is 5.46. The van der Waals surface area contributed by atoms with Crippen LogP contribution in [0.25, 0.3) is 0 Å². The zero-order valence-corrected chi connectivity index (χ0v) is 8.47. The molecule has 0 heterocycles. The molecule has 82 valence electrons. The van der Waals surface area contributed by atoms with Crippen LogP contribution in [0.4, 0.5) is 8.78 Å². The lowest BCUT2D eigenvalue weighted by Crippen LogP contribution is -2.03. The molecule has 15 heavy (non-hydrogen) atoms. The van der Waals surface area contributed by atoms with Crippen molar-refractivity contribution in [3.05, 3.63) is 41.5 Å². The van der Waals surface area contributed by atoms with Gasteiger partial charge in [-0.15, -0.1) is 0 Å². The van der Waals surface area contributed by atoms with Crippen molar-refractivity contribution in [3.8, 4) is 5.75 Å². The molecule has 0 saturated heterocycles. The second-order valence-electron chi connectivity index (χ2n) is 2.97. The maximum atomic E-state index is 13.3. The molecule has 0 atom stereocenters. The van der Waals surface area contributed by atoms with Crippen molar-refractivity contribution in [1.29, 1.82) is 0 Å². The zero-order chi connectivity index (χ0) is 11.3. The molecule has 0 fully saturated rings.